The van der Waals surface area contributed by atoms with Crippen molar-refractivity contribution < 1.29 is 13.9 Å². The average Bonchev–Trinajstić information content (AvgIpc) is 2.96. The van der Waals surface area contributed by atoms with E-state index in [1.165, 1.54) is 24.6 Å². The molecule has 112 valence electrons. The van der Waals surface area contributed by atoms with Crippen LogP contribution in [0.25, 0.3) is 0 Å². The van der Waals surface area contributed by atoms with Crippen molar-refractivity contribution in [2.45, 2.75) is 13.1 Å². The molecular weight excluding hydrogens is 268 g/mol. The second-order valence-electron chi connectivity index (χ2n) is 4.96. The van der Waals surface area contributed by atoms with E-state index < -0.39 is 0 Å². The van der Waals surface area contributed by atoms with Crippen LogP contribution in [0.4, 0.5) is 5.69 Å². The van der Waals surface area contributed by atoms with Crippen LogP contribution in [0, 0.1) is 0 Å². The van der Waals surface area contributed by atoms with Crippen LogP contribution in [0.15, 0.2) is 41.0 Å². The first-order chi connectivity index (χ1) is 10.1. The van der Waals surface area contributed by atoms with E-state index in [9.17, 15) is 4.79 Å². The third-order valence-electron chi connectivity index (χ3n) is 3.16. The highest BCUT2D eigenvalue weighted by atomic mass is 16.5. The summed E-state index contributed by atoms with van der Waals surface area (Å²) in [6.07, 6.45) is 1.41. The normalized spacial score (nSPS) is 10.4. The molecule has 5 nitrogen and oxygen atoms in total. The molecule has 0 saturated carbocycles. The third kappa shape index (κ3) is 4.10. The maximum absolute atomic E-state index is 11.3. The van der Waals surface area contributed by atoms with Crippen LogP contribution >= 0.6 is 0 Å². The molecule has 1 heterocycles. The fourth-order valence-electron chi connectivity index (χ4n) is 1.94. The van der Waals surface area contributed by atoms with Crippen LogP contribution < -0.4 is 10.2 Å². The monoisotopic (exact) mass is 288 g/mol. The van der Waals surface area contributed by atoms with Gasteiger partial charge in [0.2, 0.25) is 0 Å². The Morgan fingerprint density at radius 3 is 2.57 bits per heavy atom. The van der Waals surface area contributed by atoms with Crippen LogP contribution in [0.5, 0.6) is 0 Å². The molecule has 0 unspecified atom stereocenters. The number of carbonyl (C=O) groups excluding carboxylic acids is 1. The van der Waals surface area contributed by atoms with Crippen LogP contribution in [-0.4, -0.2) is 27.2 Å². The molecule has 0 aliphatic heterocycles. The highest BCUT2D eigenvalue weighted by Crippen LogP contribution is 2.13. The van der Waals surface area contributed by atoms with Gasteiger partial charge in [-0.2, -0.15) is 0 Å². The molecule has 1 aromatic heterocycles. The first-order valence-corrected chi connectivity index (χ1v) is 6.73. The van der Waals surface area contributed by atoms with E-state index in [1.807, 2.05) is 14.1 Å². The fourth-order valence-corrected chi connectivity index (χ4v) is 1.94. The standard InChI is InChI=1S/C16H20N2O3/c1-18(2)14-6-4-12(5-7-14)9-17-10-15-8-13(11-21-15)16(19)20-3/h4-8,11,17H,9-10H2,1-3H3. The Kier molecular flexibility index (Phi) is 5.00. The zero-order chi connectivity index (χ0) is 15.2. The van der Waals surface area contributed by atoms with Gasteiger partial charge in [-0.1, -0.05) is 12.1 Å². The zero-order valence-electron chi connectivity index (χ0n) is 12.6. The highest BCUT2D eigenvalue weighted by molar-refractivity contribution is 5.88. The molecular formula is C16H20N2O3. The molecule has 1 aromatic carbocycles. The van der Waals surface area contributed by atoms with E-state index in [0.717, 1.165) is 6.54 Å². The minimum Gasteiger partial charge on any atom is -0.467 e. The van der Waals surface area contributed by atoms with Gasteiger partial charge in [-0.3, -0.25) is 0 Å². The highest BCUT2D eigenvalue weighted by Gasteiger charge is 2.09. The van der Waals surface area contributed by atoms with Crippen molar-refractivity contribution in [3.63, 3.8) is 0 Å². The first-order valence-electron chi connectivity index (χ1n) is 6.73. The van der Waals surface area contributed by atoms with E-state index in [0.29, 0.717) is 17.9 Å². The van der Waals surface area contributed by atoms with Crippen molar-refractivity contribution >= 4 is 11.7 Å². The van der Waals surface area contributed by atoms with Gasteiger partial charge < -0.3 is 19.4 Å². The third-order valence-corrected chi connectivity index (χ3v) is 3.16. The first kappa shape index (κ1) is 15.1. The Morgan fingerprint density at radius 1 is 1.24 bits per heavy atom. The van der Waals surface area contributed by atoms with Gasteiger partial charge in [0.05, 0.1) is 19.2 Å². The summed E-state index contributed by atoms with van der Waals surface area (Å²) in [6, 6.07) is 10.0. The molecule has 0 spiro atoms. The molecule has 0 atom stereocenters. The zero-order valence-corrected chi connectivity index (χ0v) is 12.6. The lowest BCUT2D eigenvalue weighted by Crippen LogP contribution is -2.13. The number of esters is 1. The molecule has 2 rings (SSSR count). The maximum Gasteiger partial charge on any atom is 0.341 e. The average molecular weight is 288 g/mol. The Balaban J connectivity index is 1.83. The molecule has 0 bridgehead atoms. The van der Waals surface area contributed by atoms with Crippen molar-refractivity contribution in [2.75, 3.05) is 26.1 Å². The Morgan fingerprint density at radius 2 is 1.95 bits per heavy atom. The number of rotatable bonds is 6. The number of furan rings is 1. The number of anilines is 1. The number of nitrogens with zero attached hydrogens (tertiary/aromatic N) is 1. The minimum atomic E-state index is -0.385. The van der Waals surface area contributed by atoms with Crippen molar-refractivity contribution in [3.05, 3.63) is 53.5 Å². The van der Waals surface area contributed by atoms with E-state index >= 15 is 0 Å². The summed E-state index contributed by atoms with van der Waals surface area (Å²) in [5, 5.41) is 3.28. The molecule has 0 amide bonds. The molecule has 5 heteroatoms. The van der Waals surface area contributed by atoms with E-state index in [2.05, 4.69) is 39.2 Å². The lowest BCUT2D eigenvalue weighted by Gasteiger charge is -2.12. The van der Waals surface area contributed by atoms with Gasteiger partial charge in [0, 0.05) is 26.3 Å². The minimum absolute atomic E-state index is 0.385. The molecule has 1 N–H and O–H groups in total. The largest absolute Gasteiger partial charge is 0.467 e. The quantitative estimate of drug-likeness (QED) is 0.827. The van der Waals surface area contributed by atoms with Crippen molar-refractivity contribution in [1.82, 2.24) is 5.32 Å². The van der Waals surface area contributed by atoms with Crippen LogP contribution in [0.3, 0.4) is 0 Å². The van der Waals surface area contributed by atoms with Crippen molar-refractivity contribution in [2.24, 2.45) is 0 Å². The van der Waals surface area contributed by atoms with Gasteiger partial charge in [-0.05, 0) is 23.8 Å². The second-order valence-corrected chi connectivity index (χ2v) is 4.96. The lowest BCUT2D eigenvalue weighted by molar-refractivity contribution is 0.0600. The fraction of sp³-hybridized carbons (Fsp3) is 0.312. The van der Waals surface area contributed by atoms with Gasteiger partial charge in [0.25, 0.3) is 0 Å². The summed E-state index contributed by atoms with van der Waals surface area (Å²) in [7, 11) is 5.39. The lowest BCUT2D eigenvalue weighted by atomic mass is 10.2. The number of methoxy groups -OCH3 is 1. The summed E-state index contributed by atoms with van der Waals surface area (Å²) in [4.78, 5) is 13.4. The van der Waals surface area contributed by atoms with Crippen molar-refractivity contribution in [3.8, 4) is 0 Å². The molecule has 21 heavy (non-hydrogen) atoms. The topological polar surface area (TPSA) is 54.7 Å². The predicted octanol–water partition coefficient (Wildman–Crippen LogP) is 2.42. The molecule has 0 aliphatic rings. The number of nitrogens with one attached hydrogen (secondary N) is 1. The summed E-state index contributed by atoms with van der Waals surface area (Å²) in [5.74, 6) is 0.324. The van der Waals surface area contributed by atoms with Crippen molar-refractivity contribution in [1.29, 1.82) is 0 Å². The molecule has 0 fully saturated rings. The summed E-state index contributed by atoms with van der Waals surface area (Å²) >= 11 is 0. The number of carbonyl (C=O) groups is 1. The smallest absolute Gasteiger partial charge is 0.341 e. The van der Waals surface area contributed by atoms with Gasteiger partial charge in [-0.25, -0.2) is 4.79 Å². The number of hydrogen-bond acceptors (Lipinski definition) is 5. The SMILES string of the molecule is COC(=O)c1coc(CNCc2ccc(N(C)C)cc2)c1. The van der Waals surface area contributed by atoms with Crippen LogP contribution in [0.1, 0.15) is 21.7 Å². The summed E-state index contributed by atoms with van der Waals surface area (Å²) < 4.78 is 9.94. The predicted molar refractivity (Wildman–Crippen MR) is 81.4 cm³/mol. The number of hydrogen-bond donors (Lipinski definition) is 1. The van der Waals surface area contributed by atoms with Gasteiger partial charge in [-0.15, -0.1) is 0 Å². The van der Waals surface area contributed by atoms with E-state index in [4.69, 9.17) is 4.42 Å². The molecule has 0 radical (unpaired) electrons. The maximum atomic E-state index is 11.3. The Bertz CT molecular complexity index is 588. The van der Waals surface area contributed by atoms with E-state index in [-0.39, 0.29) is 5.97 Å². The van der Waals surface area contributed by atoms with Crippen LogP contribution in [0.2, 0.25) is 0 Å². The second kappa shape index (κ2) is 6.95. The molecule has 0 aliphatic carbocycles. The van der Waals surface area contributed by atoms with Gasteiger partial charge in [0.15, 0.2) is 0 Å². The van der Waals surface area contributed by atoms with Crippen LogP contribution in [-0.2, 0) is 17.8 Å². The number of ether oxygens (including phenoxy) is 1. The number of benzene rings is 1. The molecule has 0 saturated heterocycles. The Labute approximate surface area is 124 Å². The van der Waals surface area contributed by atoms with Gasteiger partial charge in [0.1, 0.15) is 12.0 Å². The van der Waals surface area contributed by atoms with E-state index in [1.54, 1.807) is 6.07 Å². The van der Waals surface area contributed by atoms with Gasteiger partial charge >= 0.3 is 5.97 Å². The summed E-state index contributed by atoms with van der Waals surface area (Å²) in [6.45, 7) is 1.30. The summed E-state index contributed by atoms with van der Waals surface area (Å²) in [5.41, 5.74) is 2.80. The molecule has 2 aromatic rings. The Hall–Kier alpha value is -2.27.